The van der Waals surface area contributed by atoms with E-state index >= 15 is 0 Å². The fourth-order valence-corrected chi connectivity index (χ4v) is 1.56. The minimum Gasteiger partial charge on any atom is -0.326 e. The van der Waals surface area contributed by atoms with Crippen LogP contribution in [0.5, 0.6) is 0 Å². The second kappa shape index (κ2) is 3.69. The van der Waals surface area contributed by atoms with Gasteiger partial charge in [-0.1, -0.05) is 24.3 Å². The maximum Gasteiger partial charge on any atom is 0.221 e. The average molecular weight is 203 g/mol. The fraction of sp³-hybridized carbons (Fsp3) is 0.0833. The summed E-state index contributed by atoms with van der Waals surface area (Å²) in [7, 11) is 0. The van der Waals surface area contributed by atoms with Crippen LogP contribution >= 0.6 is 0 Å². The third-order valence-corrected chi connectivity index (χ3v) is 2.18. The van der Waals surface area contributed by atoms with Gasteiger partial charge in [-0.3, -0.25) is 4.79 Å². The average Bonchev–Trinajstić information content (AvgIpc) is 2.22. The molecule has 0 aliphatic rings. The third kappa shape index (κ3) is 1.81. The Hall–Kier alpha value is -1.90. The molecule has 0 atom stereocenters. The summed E-state index contributed by atoms with van der Waals surface area (Å²) in [5.41, 5.74) is 0.638. The Morgan fingerprint density at radius 1 is 1.13 bits per heavy atom. The lowest BCUT2D eigenvalue weighted by molar-refractivity contribution is -0.114. The molecule has 0 aliphatic carbocycles. The van der Waals surface area contributed by atoms with Crippen molar-refractivity contribution in [2.45, 2.75) is 6.92 Å². The third-order valence-electron chi connectivity index (χ3n) is 2.18. The van der Waals surface area contributed by atoms with Gasteiger partial charge in [0.05, 0.1) is 0 Å². The number of amides is 1. The molecule has 0 radical (unpaired) electrons. The normalized spacial score (nSPS) is 10.3. The van der Waals surface area contributed by atoms with Crippen LogP contribution in [0.25, 0.3) is 10.8 Å². The summed E-state index contributed by atoms with van der Waals surface area (Å²) in [6.45, 7) is 1.43. The Morgan fingerprint density at radius 2 is 1.80 bits per heavy atom. The lowest BCUT2D eigenvalue weighted by Crippen LogP contribution is -2.06. The Balaban J connectivity index is 2.66. The van der Waals surface area contributed by atoms with Crippen LogP contribution in [0, 0.1) is 5.82 Å². The molecule has 1 N–H and O–H groups in total. The Morgan fingerprint density at radius 3 is 2.47 bits per heavy atom. The van der Waals surface area contributed by atoms with E-state index in [0.717, 1.165) is 0 Å². The molecule has 0 spiro atoms. The molecule has 0 saturated heterocycles. The number of halogens is 1. The van der Waals surface area contributed by atoms with Crippen LogP contribution in [0.2, 0.25) is 0 Å². The highest BCUT2D eigenvalue weighted by Crippen LogP contribution is 2.25. The molecule has 0 bridgehead atoms. The van der Waals surface area contributed by atoms with Crippen molar-refractivity contribution >= 4 is 22.4 Å². The Kier molecular flexibility index (Phi) is 2.37. The lowest BCUT2D eigenvalue weighted by Gasteiger charge is -2.07. The summed E-state index contributed by atoms with van der Waals surface area (Å²) in [5.74, 6) is -0.438. The number of rotatable bonds is 1. The van der Waals surface area contributed by atoms with Gasteiger partial charge in [-0.25, -0.2) is 4.39 Å². The van der Waals surface area contributed by atoms with E-state index in [1.807, 2.05) is 6.07 Å². The molecule has 2 aromatic rings. The zero-order valence-corrected chi connectivity index (χ0v) is 8.25. The molecule has 3 heteroatoms. The van der Waals surface area contributed by atoms with Gasteiger partial charge in [-0.05, 0) is 12.1 Å². The van der Waals surface area contributed by atoms with Gasteiger partial charge in [0, 0.05) is 23.4 Å². The minimum atomic E-state index is -0.278. The van der Waals surface area contributed by atoms with Crippen LogP contribution in [0.4, 0.5) is 10.1 Å². The monoisotopic (exact) mass is 203 g/mol. The predicted molar refractivity (Wildman–Crippen MR) is 58.2 cm³/mol. The van der Waals surface area contributed by atoms with E-state index in [4.69, 9.17) is 0 Å². The first-order chi connectivity index (χ1) is 7.18. The van der Waals surface area contributed by atoms with Gasteiger partial charge < -0.3 is 5.32 Å². The highest BCUT2D eigenvalue weighted by atomic mass is 19.1. The molecule has 0 fully saturated rings. The molecule has 0 unspecified atom stereocenters. The van der Waals surface area contributed by atoms with Crippen LogP contribution in [0.1, 0.15) is 6.92 Å². The van der Waals surface area contributed by atoms with Crippen molar-refractivity contribution in [3.63, 3.8) is 0 Å². The van der Waals surface area contributed by atoms with Crippen molar-refractivity contribution in [1.29, 1.82) is 0 Å². The second-order valence-corrected chi connectivity index (χ2v) is 3.32. The van der Waals surface area contributed by atoms with Gasteiger partial charge in [0.2, 0.25) is 5.91 Å². The molecular formula is C12H10FNO. The molecular weight excluding hydrogens is 193 g/mol. The van der Waals surface area contributed by atoms with Crippen LogP contribution < -0.4 is 5.32 Å². The first-order valence-electron chi connectivity index (χ1n) is 4.63. The number of hydrogen-bond acceptors (Lipinski definition) is 1. The van der Waals surface area contributed by atoms with Gasteiger partial charge in [0.1, 0.15) is 5.82 Å². The van der Waals surface area contributed by atoms with Gasteiger partial charge in [0.25, 0.3) is 0 Å². The van der Waals surface area contributed by atoms with E-state index in [-0.39, 0.29) is 11.7 Å². The topological polar surface area (TPSA) is 29.1 Å². The summed E-state index contributed by atoms with van der Waals surface area (Å²) in [6, 6.07) is 9.97. The van der Waals surface area contributed by atoms with Crippen LogP contribution in [-0.2, 0) is 4.79 Å². The summed E-state index contributed by atoms with van der Waals surface area (Å²) in [4.78, 5) is 10.9. The maximum atomic E-state index is 13.4. The van der Waals surface area contributed by atoms with Gasteiger partial charge in [0.15, 0.2) is 0 Å². The SMILES string of the molecule is CC(=O)Nc1ccc(F)c2ccccc12. The highest BCUT2D eigenvalue weighted by Gasteiger charge is 2.05. The van der Waals surface area contributed by atoms with Crippen molar-refractivity contribution in [3.05, 3.63) is 42.2 Å². The first-order valence-corrected chi connectivity index (χ1v) is 4.63. The van der Waals surface area contributed by atoms with Crippen molar-refractivity contribution in [3.8, 4) is 0 Å². The van der Waals surface area contributed by atoms with Crippen molar-refractivity contribution < 1.29 is 9.18 Å². The fourth-order valence-electron chi connectivity index (χ4n) is 1.56. The molecule has 2 rings (SSSR count). The minimum absolute atomic E-state index is 0.160. The van der Waals surface area contributed by atoms with Gasteiger partial charge >= 0.3 is 0 Å². The molecule has 0 saturated carbocycles. The molecule has 0 aromatic heterocycles. The maximum absolute atomic E-state index is 13.4. The second-order valence-electron chi connectivity index (χ2n) is 3.32. The van der Waals surface area contributed by atoms with Crippen LogP contribution in [-0.4, -0.2) is 5.91 Å². The number of hydrogen-bond donors (Lipinski definition) is 1. The summed E-state index contributed by atoms with van der Waals surface area (Å²) in [6.07, 6.45) is 0. The summed E-state index contributed by atoms with van der Waals surface area (Å²) in [5, 5.41) is 3.90. The number of benzene rings is 2. The largest absolute Gasteiger partial charge is 0.326 e. The lowest BCUT2D eigenvalue weighted by atomic mass is 10.1. The molecule has 15 heavy (non-hydrogen) atoms. The quantitative estimate of drug-likeness (QED) is 0.758. The predicted octanol–water partition coefficient (Wildman–Crippen LogP) is 2.94. The number of fused-ring (bicyclic) bond motifs is 1. The zero-order valence-electron chi connectivity index (χ0n) is 8.25. The Labute approximate surface area is 86.7 Å². The van der Waals surface area contributed by atoms with Crippen molar-refractivity contribution in [2.24, 2.45) is 0 Å². The van der Waals surface area contributed by atoms with Crippen molar-refractivity contribution in [2.75, 3.05) is 5.32 Å². The first kappa shape index (κ1) is 9.65. The highest BCUT2D eigenvalue weighted by molar-refractivity contribution is 6.01. The molecule has 2 aromatic carbocycles. The summed E-state index contributed by atoms with van der Waals surface area (Å²) < 4.78 is 13.4. The van der Waals surface area contributed by atoms with E-state index < -0.39 is 0 Å². The van der Waals surface area contributed by atoms with Crippen LogP contribution in [0.3, 0.4) is 0 Å². The van der Waals surface area contributed by atoms with Crippen molar-refractivity contribution in [1.82, 2.24) is 0 Å². The number of nitrogens with one attached hydrogen (secondary N) is 1. The zero-order chi connectivity index (χ0) is 10.8. The molecule has 0 aliphatic heterocycles. The van der Waals surface area contributed by atoms with E-state index in [2.05, 4.69) is 5.32 Å². The standard InChI is InChI=1S/C12H10FNO/c1-8(15)14-12-7-6-11(13)9-4-2-3-5-10(9)12/h2-7H,1H3,(H,14,15). The van der Waals surface area contributed by atoms with E-state index in [9.17, 15) is 9.18 Å². The number of carbonyl (C=O) groups is 1. The summed E-state index contributed by atoms with van der Waals surface area (Å²) >= 11 is 0. The molecule has 0 heterocycles. The van der Waals surface area contributed by atoms with E-state index in [1.54, 1.807) is 24.3 Å². The molecule has 1 amide bonds. The smallest absolute Gasteiger partial charge is 0.221 e. The molecule has 2 nitrogen and oxygen atoms in total. The van der Waals surface area contributed by atoms with E-state index in [1.165, 1.54) is 13.0 Å². The van der Waals surface area contributed by atoms with E-state index in [0.29, 0.717) is 16.5 Å². The van der Waals surface area contributed by atoms with Gasteiger partial charge in [-0.15, -0.1) is 0 Å². The number of carbonyl (C=O) groups excluding carboxylic acids is 1. The molecule has 76 valence electrons. The van der Waals surface area contributed by atoms with Crippen LogP contribution in [0.15, 0.2) is 36.4 Å². The number of anilines is 1. The van der Waals surface area contributed by atoms with Gasteiger partial charge in [-0.2, -0.15) is 0 Å². The Bertz CT molecular complexity index is 522.